The van der Waals surface area contributed by atoms with Crippen molar-refractivity contribution >= 4 is 11.8 Å². The Morgan fingerprint density at radius 2 is 1.85 bits per heavy atom. The van der Waals surface area contributed by atoms with E-state index in [1.165, 1.54) is 36.0 Å². The molecule has 2 rings (SSSR count). The van der Waals surface area contributed by atoms with Gasteiger partial charge >= 0.3 is 0 Å². The molecule has 2 aromatic carbocycles. The molecule has 1 nitrogen and oxygen atoms in total. The summed E-state index contributed by atoms with van der Waals surface area (Å²) >= 11 is 1.39. The van der Waals surface area contributed by atoms with Gasteiger partial charge in [-0.2, -0.15) is 0 Å². The average molecular weight is 294 g/mol. The third kappa shape index (κ3) is 4.32. The Morgan fingerprint density at radius 1 is 1.10 bits per heavy atom. The van der Waals surface area contributed by atoms with Crippen LogP contribution in [0.15, 0.2) is 47.4 Å². The van der Waals surface area contributed by atoms with E-state index >= 15 is 0 Å². The summed E-state index contributed by atoms with van der Waals surface area (Å²) in [6.45, 7) is 1.89. The Bertz CT molecular complexity index is 586. The highest BCUT2D eigenvalue weighted by molar-refractivity contribution is 7.99. The van der Waals surface area contributed by atoms with Gasteiger partial charge in [0.25, 0.3) is 0 Å². The van der Waals surface area contributed by atoms with Gasteiger partial charge in [0.1, 0.15) is 11.6 Å². The molecule has 0 aromatic heterocycles. The van der Waals surface area contributed by atoms with Crippen LogP contribution in [-0.2, 0) is 6.42 Å². The number of hydrogen-bond donors (Lipinski definition) is 1. The first kappa shape index (κ1) is 15.0. The molecular formula is C16H16F2OS. The van der Waals surface area contributed by atoms with Crippen LogP contribution < -0.4 is 0 Å². The van der Waals surface area contributed by atoms with E-state index in [-0.39, 0.29) is 11.6 Å². The molecule has 0 bridgehead atoms. The maximum atomic E-state index is 13.2. The molecule has 1 unspecified atom stereocenters. The normalized spacial score (nSPS) is 12.4. The molecule has 1 N–H and O–H groups in total. The van der Waals surface area contributed by atoms with Gasteiger partial charge < -0.3 is 5.11 Å². The van der Waals surface area contributed by atoms with Crippen LogP contribution in [0.25, 0.3) is 0 Å². The lowest BCUT2D eigenvalue weighted by molar-refractivity contribution is 0.200. The maximum absolute atomic E-state index is 13.2. The molecule has 1 atom stereocenters. The first-order valence-corrected chi connectivity index (χ1v) is 7.34. The fourth-order valence-electron chi connectivity index (χ4n) is 1.92. The minimum atomic E-state index is -0.594. The van der Waals surface area contributed by atoms with Crippen molar-refractivity contribution < 1.29 is 13.9 Å². The number of aliphatic hydroxyl groups is 1. The first-order chi connectivity index (χ1) is 9.54. The van der Waals surface area contributed by atoms with E-state index in [0.717, 1.165) is 16.0 Å². The summed E-state index contributed by atoms with van der Waals surface area (Å²) in [4.78, 5) is 0.778. The van der Waals surface area contributed by atoms with Crippen molar-refractivity contribution in [3.05, 3.63) is 65.2 Å². The summed E-state index contributed by atoms with van der Waals surface area (Å²) in [5.41, 5.74) is 1.76. The summed E-state index contributed by atoms with van der Waals surface area (Å²) in [5, 5.41) is 10.0. The van der Waals surface area contributed by atoms with Gasteiger partial charge in [-0.05, 0) is 54.8 Å². The second-order valence-electron chi connectivity index (χ2n) is 4.70. The number of rotatable bonds is 5. The van der Waals surface area contributed by atoms with Crippen LogP contribution in [0.1, 0.15) is 11.1 Å². The fraction of sp³-hybridized carbons (Fsp3) is 0.250. The van der Waals surface area contributed by atoms with Crippen LogP contribution in [0.2, 0.25) is 0 Å². The monoisotopic (exact) mass is 294 g/mol. The van der Waals surface area contributed by atoms with Crippen LogP contribution in [0.5, 0.6) is 0 Å². The van der Waals surface area contributed by atoms with Crippen molar-refractivity contribution in [3.8, 4) is 0 Å². The lowest BCUT2D eigenvalue weighted by Crippen LogP contribution is -2.14. The third-order valence-electron chi connectivity index (χ3n) is 3.01. The Morgan fingerprint density at radius 3 is 2.60 bits per heavy atom. The van der Waals surface area contributed by atoms with E-state index in [4.69, 9.17) is 0 Å². The first-order valence-electron chi connectivity index (χ1n) is 6.36. The zero-order valence-electron chi connectivity index (χ0n) is 11.1. The van der Waals surface area contributed by atoms with Crippen LogP contribution in [-0.4, -0.2) is 17.0 Å². The van der Waals surface area contributed by atoms with E-state index < -0.39 is 6.10 Å². The summed E-state index contributed by atoms with van der Waals surface area (Å²) in [5.74, 6) is -0.139. The summed E-state index contributed by atoms with van der Waals surface area (Å²) < 4.78 is 26.2. The summed E-state index contributed by atoms with van der Waals surface area (Å²) in [6.07, 6.45) is -0.199. The van der Waals surface area contributed by atoms with Gasteiger partial charge in [-0.3, -0.25) is 0 Å². The van der Waals surface area contributed by atoms with Crippen molar-refractivity contribution in [2.75, 3.05) is 5.75 Å². The third-order valence-corrected chi connectivity index (χ3v) is 4.14. The van der Waals surface area contributed by atoms with Gasteiger partial charge in [0, 0.05) is 10.6 Å². The highest BCUT2D eigenvalue weighted by Crippen LogP contribution is 2.21. The lowest BCUT2D eigenvalue weighted by atomic mass is 10.0. The topological polar surface area (TPSA) is 20.2 Å². The number of benzene rings is 2. The average Bonchev–Trinajstić information content (AvgIpc) is 2.41. The summed E-state index contributed by atoms with van der Waals surface area (Å²) in [7, 11) is 0. The van der Waals surface area contributed by atoms with E-state index in [0.29, 0.717) is 12.2 Å². The van der Waals surface area contributed by atoms with Crippen LogP contribution in [0.4, 0.5) is 8.78 Å². The highest BCUT2D eigenvalue weighted by atomic mass is 32.2. The van der Waals surface area contributed by atoms with E-state index in [1.54, 1.807) is 18.2 Å². The van der Waals surface area contributed by atoms with Crippen molar-refractivity contribution in [1.29, 1.82) is 0 Å². The molecule has 0 aliphatic rings. The number of aryl methyl sites for hydroxylation is 1. The standard InChI is InChI=1S/C16H16F2OS/c1-11-5-6-14(18)7-12(11)8-15(19)10-20-16-4-2-3-13(17)9-16/h2-7,9,15,19H,8,10H2,1H3. The second kappa shape index (κ2) is 6.86. The molecular weight excluding hydrogens is 278 g/mol. The van der Waals surface area contributed by atoms with Crippen LogP contribution in [0.3, 0.4) is 0 Å². The van der Waals surface area contributed by atoms with Gasteiger partial charge in [0.2, 0.25) is 0 Å². The molecule has 0 fully saturated rings. The Labute approximate surface area is 121 Å². The minimum absolute atomic E-state index is 0.287. The smallest absolute Gasteiger partial charge is 0.124 e. The molecule has 0 radical (unpaired) electrons. The zero-order valence-corrected chi connectivity index (χ0v) is 12.0. The molecule has 0 heterocycles. The van der Waals surface area contributed by atoms with Crippen molar-refractivity contribution in [2.24, 2.45) is 0 Å². The molecule has 0 saturated heterocycles. The molecule has 0 amide bonds. The molecule has 20 heavy (non-hydrogen) atoms. The number of hydrogen-bond acceptors (Lipinski definition) is 2. The van der Waals surface area contributed by atoms with Gasteiger partial charge in [0.05, 0.1) is 6.10 Å². The van der Waals surface area contributed by atoms with Crippen LogP contribution in [0, 0.1) is 18.6 Å². The lowest BCUT2D eigenvalue weighted by Gasteiger charge is -2.12. The molecule has 106 valence electrons. The van der Waals surface area contributed by atoms with Gasteiger partial charge in [-0.25, -0.2) is 8.78 Å². The molecule has 0 saturated carbocycles. The number of aliphatic hydroxyl groups excluding tert-OH is 1. The van der Waals surface area contributed by atoms with Crippen molar-refractivity contribution in [1.82, 2.24) is 0 Å². The van der Waals surface area contributed by atoms with E-state index in [2.05, 4.69) is 0 Å². The zero-order chi connectivity index (χ0) is 14.5. The molecule has 0 spiro atoms. The predicted molar refractivity (Wildman–Crippen MR) is 78.0 cm³/mol. The Kier molecular flexibility index (Phi) is 5.15. The molecule has 0 aliphatic carbocycles. The molecule has 2 aromatic rings. The SMILES string of the molecule is Cc1ccc(F)cc1CC(O)CSc1cccc(F)c1. The largest absolute Gasteiger partial charge is 0.392 e. The molecule has 0 aliphatic heterocycles. The highest BCUT2D eigenvalue weighted by Gasteiger charge is 2.09. The van der Waals surface area contributed by atoms with E-state index in [9.17, 15) is 13.9 Å². The Balaban J connectivity index is 1.92. The molecule has 4 heteroatoms. The fourth-order valence-corrected chi connectivity index (χ4v) is 2.80. The predicted octanol–water partition coefficient (Wildman–Crippen LogP) is 3.97. The number of thioether (sulfide) groups is 1. The summed E-state index contributed by atoms with van der Waals surface area (Å²) in [6, 6.07) is 10.8. The minimum Gasteiger partial charge on any atom is -0.392 e. The Hall–Kier alpha value is -1.39. The maximum Gasteiger partial charge on any atom is 0.124 e. The second-order valence-corrected chi connectivity index (χ2v) is 5.79. The van der Waals surface area contributed by atoms with Gasteiger partial charge in [-0.1, -0.05) is 12.1 Å². The van der Waals surface area contributed by atoms with E-state index in [1.807, 2.05) is 6.92 Å². The quantitative estimate of drug-likeness (QED) is 0.842. The van der Waals surface area contributed by atoms with Crippen molar-refractivity contribution in [3.63, 3.8) is 0 Å². The van der Waals surface area contributed by atoms with Crippen LogP contribution >= 0.6 is 11.8 Å². The van der Waals surface area contributed by atoms with Crippen molar-refractivity contribution in [2.45, 2.75) is 24.3 Å². The van der Waals surface area contributed by atoms with Gasteiger partial charge in [0.15, 0.2) is 0 Å². The number of halogens is 2. The van der Waals surface area contributed by atoms with Gasteiger partial charge in [-0.15, -0.1) is 11.8 Å².